The molecular formula is C28H38N2O7. The number of nitrogens with zero attached hydrogens (tertiary/aromatic N) is 1. The van der Waals surface area contributed by atoms with Crippen LogP contribution in [0.2, 0.25) is 0 Å². The van der Waals surface area contributed by atoms with Crippen molar-refractivity contribution in [1.29, 1.82) is 0 Å². The van der Waals surface area contributed by atoms with Gasteiger partial charge in [0.25, 0.3) is 0 Å². The Bertz CT molecular complexity index is 1050. The molecule has 0 bridgehead atoms. The molecule has 1 aromatic carbocycles. The summed E-state index contributed by atoms with van der Waals surface area (Å²) in [7, 11) is 1.51. The molecule has 37 heavy (non-hydrogen) atoms. The molecule has 5 rings (SSSR count). The highest BCUT2D eigenvalue weighted by Gasteiger charge is 2.52. The van der Waals surface area contributed by atoms with Crippen LogP contribution in [0.25, 0.3) is 0 Å². The first kappa shape index (κ1) is 26.0. The van der Waals surface area contributed by atoms with Gasteiger partial charge in [0.1, 0.15) is 12.2 Å². The van der Waals surface area contributed by atoms with E-state index in [0.717, 1.165) is 51.4 Å². The molecule has 9 heteroatoms. The summed E-state index contributed by atoms with van der Waals surface area (Å²) in [6.07, 6.45) is 7.49. The summed E-state index contributed by atoms with van der Waals surface area (Å²) in [4.78, 5) is 29.2. The fraction of sp³-hybridized carbons (Fsp3) is 0.643. The minimum atomic E-state index is -1.06. The molecule has 1 heterocycles. The van der Waals surface area contributed by atoms with Gasteiger partial charge in [-0.2, -0.15) is 0 Å². The lowest BCUT2D eigenvalue weighted by molar-refractivity contribution is -0.144. The molecule has 2 fully saturated rings. The van der Waals surface area contributed by atoms with Gasteiger partial charge in [0.15, 0.2) is 11.5 Å². The van der Waals surface area contributed by atoms with Gasteiger partial charge in [-0.25, -0.2) is 0 Å². The quantitative estimate of drug-likeness (QED) is 0.416. The van der Waals surface area contributed by atoms with E-state index in [2.05, 4.69) is 5.32 Å². The summed E-state index contributed by atoms with van der Waals surface area (Å²) >= 11 is 0. The van der Waals surface area contributed by atoms with Gasteiger partial charge in [0.05, 0.1) is 32.3 Å². The predicted molar refractivity (Wildman–Crippen MR) is 135 cm³/mol. The molecule has 4 N–H and O–H groups in total. The highest BCUT2D eigenvalue weighted by molar-refractivity contribution is 5.96. The minimum Gasteiger partial charge on any atom is -0.493 e. The van der Waals surface area contributed by atoms with Crippen LogP contribution in [0.1, 0.15) is 68.4 Å². The normalized spacial score (nSPS) is 27.3. The van der Waals surface area contributed by atoms with Gasteiger partial charge in [-0.05, 0) is 49.5 Å². The van der Waals surface area contributed by atoms with Crippen molar-refractivity contribution < 1.29 is 34.4 Å². The van der Waals surface area contributed by atoms with Crippen LogP contribution in [-0.2, 0) is 16.2 Å². The van der Waals surface area contributed by atoms with Gasteiger partial charge in [-0.15, -0.1) is 0 Å². The standard InChI is InChI=1S/C28H38N2O7/c1-36-22-13-16(15-32)12-19-23-20(27(34)29-10-11-31)14-21(24(33)26(23)37-25(19)22)30(18-8-4-5-9-18)28(35)17-6-2-3-7-17/h12-14,17-18,21,23-24,26,31-33H,2-11,15H2,1H3,(H,29,34). The summed E-state index contributed by atoms with van der Waals surface area (Å²) in [5.41, 5.74) is 1.66. The topological polar surface area (TPSA) is 129 Å². The summed E-state index contributed by atoms with van der Waals surface area (Å²) < 4.78 is 11.8. The summed E-state index contributed by atoms with van der Waals surface area (Å²) in [5, 5.41) is 33.7. The van der Waals surface area contributed by atoms with Crippen molar-refractivity contribution in [2.75, 3.05) is 20.3 Å². The number of benzene rings is 1. The van der Waals surface area contributed by atoms with Crippen molar-refractivity contribution in [3.05, 3.63) is 34.9 Å². The molecule has 1 aromatic rings. The summed E-state index contributed by atoms with van der Waals surface area (Å²) in [6.45, 7) is -0.335. The van der Waals surface area contributed by atoms with E-state index in [0.29, 0.717) is 28.2 Å². The lowest BCUT2D eigenvalue weighted by atomic mass is 9.76. The van der Waals surface area contributed by atoms with Crippen molar-refractivity contribution in [2.45, 2.75) is 88.2 Å². The second-order valence-corrected chi connectivity index (χ2v) is 10.7. The van der Waals surface area contributed by atoms with E-state index in [9.17, 15) is 24.9 Å². The van der Waals surface area contributed by atoms with E-state index in [-0.39, 0.29) is 43.5 Å². The van der Waals surface area contributed by atoms with Crippen molar-refractivity contribution in [3.8, 4) is 11.5 Å². The van der Waals surface area contributed by atoms with Crippen LogP contribution in [0.15, 0.2) is 23.8 Å². The molecule has 4 aliphatic rings. The van der Waals surface area contributed by atoms with Crippen LogP contribution in [0.4, 0.5) is 0 Å². The minimum absolute atomic E-state index is 0.0154. The highest BCUT2D eigenvalue weighted by Crippen LogP contribution is 2.52. The Hall–Kier alpha value is -2.62. The van der Waals surface area contributed by atoms with E-state index in [1.807, 2.05) is 4.90 Å². The van der Waals surface area contributed by atoms with Crippen LogP contribution in [-0.4, -0.2) is 76.6 Å². The molecule has 2 saturated carbocycles. The number of amides is 2. The van der Waals surface area contributed by atoms with Crippen LogP contribution < -0.4 is 14.8 Å². The molecule has 202 valence electrons. The molecule has 0 aromatic heterocycles. The Morgan fingerprint density at radius 2 is 1.81 bits per heavy atom. The molecule has 4 atom stereocenters. The van der Waals surface area contributed by atoms with E-state index in [4.69, 9.17) is 9.47 Å². The molecular weight excluding hydrogens is 476 g/mol. The third-order valence-electron chi connectivity index (χ3n) is 8.49. The van der Waals surface area contributed by atoms with Gasteiger partial charge < -0.3 is 35.0 Å². The Labute approximate surface area is 217 Å². The number of hydrogen-bond acceptors (Lipinski definition) is 7. The van der Waals surface area contributed by atoms with Crippen LogP contribution in [0.3, 0.4) is 0 Å². The highest BCUT2D eigenvalue weighted by atomic mass is 16.5. The molecule has 9 nitrogen and oxygen atoms in total. The Kier molecular flexibility index (Phi) is 7.74. The number of carbonyl (C=O) groups is 2. The van der Waals surface area contributed by atoms with Crippen LogP contribution >= 0.6 is 0 Å². The zero-order chi connectivity index (χ0) is 26.1. The third-order valence-corrected chi connectivity index (χ3v) is 8.49. The average Bonchev–Trinajstić information content (AvgIpc) is 3.69. The SMILES string of the molecule is COc1cc(CO)cc2c1OC1C2C(C(=O)NCCO)=CC(N(C(=O)C2CCCC2)C2CCCC2)C1O. The number of fused-ring (bicyclic) bond motifs is 3. The van der Waals surface area contributed by atoms with E-state index >= 15 is 0 Å². The first-order valence-corrected chi connectivity index (χ1v) is 13.6. The van der Waals surface area contributed by atoms with Crippen molar-refractivity contribution in [1.82, 2.24) is 10.2 Å². The van der Waals surface area contributed by atoms with E-state index in [1.54, 1.807) is 18.2 Å². The van der Waals surface area contributed by atoms with E-state index in [1.165, 1.54) is 7.11 Å². The number of nitrogens with one attached hydrogen (secondary N) is 1. The zero-order valence-electron chi connectivity index (χ0n) is 21.4. The molecule has 3 aliphatic carbocycles. The fourth-order valence-corrected chi connectivity index (χ4v) is 6.73. The van der Waals surface area contributed by atoms with Gasteiger partial charge in [0, 0.05) is 29.6 Å². The van der Waals surface area contributed by atoms with Gasteiger partial charge in [-0.3, -0.25) is 9.59 Å². The molecule has 4 unspecified atom stereocenters. The average molecular weight is 515 g/mol. The zero-order valence-corrected chi connectivity index (χ0v) is 21.4. The number of carbonyl (C=O) groups excluding carboxylic acids is 2. The van der Waals surface area contributed by atoms with Gasteiger partial charge in [-0.1, -0.05) is 25.7 Å². The molecule has 0 saturated heterocycles. The molecule has 0 spiro atoms. The van der Waals surface area contributed by atoms with Crippen molar-refractivity contribution >= 4 is 11.8 Å². The van der Waals surface area contributed by atoms with E-state index < -0.39 is 24.2 Å². The Balaban J connectivity index is 1.59. The number of methoxy groups -OCH3 is 1. The predicted octanol–water partition coefficient (Wildman–Crippen LogP) is 1.77. The number of aliphatic hydroxyl groups is 3. The van der Waals surface area contributed by atoms with Gasteiger partial charge >= 0.3 is 0 Å². The summed E-state index contributed by atoms with van der Waals surface area (Å²) in [6, 6.07) is 2.77. The second kappa shape index (κ2) is 11.0. The largest absolute Gasteiger partial charge is 0.493 e. The smallest absolute Gasteiger partial charge is 0.247 e. The number of aliphatic hydroxyl groups excluding tert-OH is 3. The maximum absolute atomic E-state index is 13.9. The first-order chi connectivity index (χ1) is 18.0. The van der Waals surface area contributed by atoms with Crippen molar-refractivity contribution in [2.24, 2.45) is 5.92 Å². The lowest BCUT2D eigenvalue weighted by Crippen LogP contribution is -2.59. The Morgan fingerprint density at radius 3 is 2.46 bits per heavy atom. The van der Waals surface area contributed by atoms with Crippen molar-refractivity contribution in [3.63, 3.8) is 0 Å². The number of ether oxygens (including phenoxy) is 2. The Morgan fingerprint density at radius 1 is 1.11 bits per heavy atom. The maximum atomic E-state index is 13.9. The number of rotatable bonds is 8. The molecule has 0 radical (unpaired) electrons. The molecule has 2 amide bonds. The van der Waals surface area contributed by atoms with Gasteiger partial charge in [0.2, 0.25) is 11.8 Å². The maximum Gasteiger partial charge on any atom is 0.247 e. The monoisotopic (exact) mass is 514 g/mol. The third kappa shape index (κ3) is 4.73. The number of hydrogen-bond donors (Lipinski definition) is 4. The summed E-state index contributed by atoms with van der Waals surface area (Å²) in [5.74, 6) is -0.111. The first-order valence-electron chi connectivity index (χ1n) is 13.6. The lowest BCUT2D eigenvalue weighted by Gasteiger charge is -2.44. The van der Waals surface area contributed by atoms with Crippen LogP contribution in [0, 0.1) is 5.92 Å². The van der Waals surface area contributed by atoms with Crippen LogP contribution in [0.5, 0.6) is 11.5 Å². The molecule has 1 aliphatic heterocycles. The fourth-order valence-electron chi connectivity index (χ4n) is 6.73. The second-order valence-electron chi connectivity index (χ2n) is 10.7.